The third-order valence-corrected chi connectivity index (χ3v) is 17.8. The summed E-state index contributed by atoms with van der Waals surface area (Å²) in [5, 5.41) is 10.6. The van der Waals surface area contributed by atoms with Gasteiger partial charge in [-0.2, -0.15) is 0 Å². The predicted molar refractivity (Wildman–Crippen MR) is 408 cm³/mol. The van der Waals surface area contributed by atoms with Gasteiger partial charge in [0.15, 0.2) is 12.2 Å². The molecule has 0 aliphatic carbocycles. The molecule has 0 aromatic rings. The van der Waals surface area contributed by atoms with E-state index in [2.05, 4.69) is 149 Å². The lowest BCUT2D eigenvalue weighted by molar-refractivity contribution is -0.161. The maximum absolute atomic E-state index is 13.1. The highest BCUT2D eigenvalue weighted by molar-refractivity contribution is 7.47. The van der Waals surface area contributed by atoms with Crippen LogP contribution in [0.3, 0.4) is 0 Å². The Hall–Kier alpha value is -4.54. The maximum atomic E-state index is 13.1. The highest BCUT2D eigenvalue weighted by Crippen LogP contribution is 2.45. The van der Waals surface area contributed by atoms with Crippen molar-refractivity contribution >= 4 is 39.5 Å². The molecule has 0 rings (SSSR count). The number of aliphatic hydroxyl groups is 1. The standard InChI is InChI=1S/C81H138O17P2/c1-5-9-13-17-21-25-29-33-35-36-37-38-40-44-46-50-54-58-62-66-79(84)92-72-77(98-81(86)68-64-60-56-52-48-42-32-28-24-20-16-12-8-4)74-96-100(89,90)94-70-75(82)69-93-99(87,88)95-73-76(97-80(85)67-63-59-55-51-47-41-31-27-23-19-15-11-7-3)71-91-78(83)65-61-57-53-49-45-43-39-34-30-26-22-18-14-10-6-2/h9-10,13-15,19,21-22,25-27,31,33-35,37-39,44,46,75-77,82H,5-8,11-12,16-18,20,23-24,28-30,32,36,40-43,45,47-74H2,1-4H3,(H,87,88)(H,89,90)/b13-9-,14-10-,19-15-,25-21-,26-22-,31-27-,35-33-,38-37-,39-34-,46-44-. The van der Waals surface area contributed by atoms with Crippen LogP contribution < -0.4 is 0 Å². The van der Waals surface area contributed by atoms with E-state index in [0.29, 0.717) is 25.7 Å². The molecule has 0 amide bonds. The van der Waals surface area contributed by atoms with Crippen LogP contribution in [0.25, 0.3) is 0 Å². The number of rotatable bonds is 72. The van der Waals surface area contributed by atoms with Crippen LogP contribution in [-0.2, 0) is 65.4 Å². The molecule has 5 atom stereocenters. The third kappa shape index (κ3) is 71.8. The first kappa shape index (κ1) is 95.5. The summed E-state index contributed by atoms with van der Waals surface area (Å²) in [5.41, 5.74) is 0. The maximum Gasteiger partial charge on any atom is 0.472 e. The van der Waals surface area contributed by atoms with Crippen LogP contribution in [-0.4, -0.2) is 96.7 Å². The van der Waals surface area contributed by atoms with Crippen molar-refractivity contribution in [2.45, 2.75) is 329 Å². The van der Waals surface area contributed by atoms with E-state index in [4.69, 9.17) is 37.0 Å². The van der Waals surface area contributed by atoms with Gasteiger partial charge < -0.3 is 33.8 Å². The molecule has 574 valence electrons. The zero-order valence-corrected chi connectivity index (χ0v) is 64.4. The summed E-state index contributed by atoms with van der Waals surface area (Å²) in [6.07, 6.45) is 79.0. The molecule has 0 heterocycles. The molecule has 0 aliphatic heterocycles. The SMILES string of the molecule is CC/C=C\C/C=C\C/C=C\C/C=C\C/C=C\CCCCCC(=O)OCC(COP(=O)(O)OCC(O)COP(=O)(O)OCC(COC(=O)CCCCCCC/C=C\C/C=C\C/C=C\CC)OC(=O)CCCCCCC/C=C\C/C=C\CCC)OC(=O)CCCCCCCCCCCCCCC. The molecular weight excluding hydrogens is 1310 g/mol. The fourth-order valence-electron chi connectivity index (χ4n) is 10.1. The summed E-state index contributed by atoms with van der Waals surface area (Å²) >= 11 is 0. The Morgan fingerprint density at radius 2 is 0.540 bits per heavy atom. The fourth-order valence-corrected chi connectivity index (χ4v) is 11.6. The lowest BCUT2D eigenvalue weighted by Crippen LogP contribution is -2.30. The second-order valence-electron chi connectivity index (χ2n) is 25.5. The Labute approximate surface area is 606 Å². The van der Waals surface area contributed by atoms with E-state index in [9.17, 15) is 43.2 Å². The number of aliphatic hydroxyl groups excluding tert-OH is 1. The fraction of sp³-hybridized carbons (Fsp3) is 0.704. The van der Waals surface area contributed by atoms with E-state index in [-0.39, 0.29) is 25.7 Å². The quantitative estimate of drug-likeness (QED) is 0.0169. The number of hydrogen-bond donors (Lipinski definition) is 3. The van der Waals surface area contributed by atoms with Crippen molar-refractivity contribution in [3.63, 3.8) is 0 Å². The van der Waals surface area contributed by atoms with Gasteiger partial charge in [0.05, 0.1) is 26.4 Å². The molecule has 0 radical (unpaired) electrons. The van der Waals surface area contributed by atoms with Gasteiger partial charge in [0.1, 0.15) is 19.3 Å². The zero-order valence-electron chi connectivity index (χ0n) is 62.6. The average molecular weight is 1450 g/mol. The summed E-state index contributed by atoms with van der Waals surface area (Å²) in [7, 11) is -9.97. The second-order valence-corrected chi connectivity index (χ2v) is 28.4. The van der Waals surface area contributed by atoms with Gasteiger partial charge in [-0.25, -0.2) is 9.13 Å². The molecule has 19 heteroatoms. The first-order valence-corrected chi connectivity index (χ1v) is 41.8. The molecule has 0 aliphatic rings. The van der Waals surface area contributed by atoms with Gasteiger partial charge in [0, 0.05) is 25.7 Å². The normalized spacial score (nSPS) is 14.6. The van der Waals surface area contributed by atoms with Gasteiger partial charge in [-0.15, -0.1) is 0 Å². The molecule has 0 fully saturated rings. The van der Waals surface area contributed by atoms with E-state index in [0.717, 1.165) is 180 Å². The van der Waals surface area contributed by atoms with Crippen molar-refractivity contribution in [3.8, 4) is 0 Å². The first-order chi connectivity index (χ1) is 48.7. The number of allylic oxidation sites excluding steroid dienone is 20. The molecule has 0 aromatic heterocycles. The minimum atomic E-state index is -4.98. The molecule has 0 aromatic carbocycles. The number of ether oxygens (including phenoxy) is 4. The van der Waals surface area contributed by atoms with E-state index in [1.807, 2.05) is 0 Å². The molecule has 0 saturated carbocycles. The van der Waals surface area contributed by atoms with Crippen LogP contribution in [0.5, 0.6) is 0 Å². The molecule has 0 saturated heterocycles. The Balaban J connectivity index is 5.37. The second kappa shape index (κ2) is 72.8. The molecule has 17 nitrogen and oxygen atoms in total. The van der Waals surface area contributed by atoms with Gasteiger partial charge in [0.25, 0.3) is 0 Å². The number of hydrogen-bond acceptors (Lipinski definition) is 15. The van der Waals surface area contributed by atoms with Gasteiger partial charge in [-0.05, 0) is 128 Å². The van der Waals surface area contributed by atoms with E-state index in [1.165, 1.54) is 51.4 Å². The van der Waals surface area contributed by atoms with Gasteiger partial charge in [-0.3, -0.25) is 37.3 Å². The summed E-state index contributed by atoms with van der Waals surface area (Å²) in [5.74, 6) is -2.24. The zero-order chi connectivity index (χ0) is 73.2. The smallest absolute Gasteiger partial charge is 0.462 e. The van der Waals surface area contributed by atoms with Crippen LogP contribution in [0.4, 0.5) is 0 Å². The van der Waals surface area contributed by atoms with Crippen molar-refractivity contribution in [1.29, 1.82) is 0 Å². The largest absolute Gasteiger partial charge is 0.472 e. The first-order valence-electron chi connectivity index (χ1n) is 38.8. The van der Waals surface area contributed by atoms with E-state index < -0.39 is 97.5 Å². The number of esters is 4. The van der Waals surface area contributed by atoms with E-state index in [1.54, 1.807) is 0 Å². The molecule has 100 heavy (non-hydrogen) atoms. The van der Waals surface area contributed by atoms with Crippen LogP contribution in [0, 0.1) is 0 Å². The lowest BCUT2D eigenvalue weighted by atomic mass is 10.0. The number of carbonyl (C=O) groups is 4. The topological polar surface area (TPSA) is 237 Å². The Morgan fingerprint density at radius 3 is 0.850 bits per heavy atom. The summed E-state index contributed by atoms with van der Waals surface area (Å²) in [6, 6.07) is 0. The number of unbranched alkanes of at least 4 members (excludes halogenated alkanes) is 26. The van der Waals surface area contributed by atoms with Crippen LogP contribution >= 0.6 is 15.6 Å². The van der Waals surface area contributed by atoms with E-state index >= 15 is 0 Å². The minimum absolute atomic E-state index is 0.0727. The lowest BCUT2D eigenvalue weighted by Gasteiger charge is -2.21. The molecular formula is C81H138O17P2. The number of carbonyl (C=O) groups excluding carboxylic acids is 4. The van der Waals surface area contributed by atoms with Crippen molar-refractivity contribution in [3.05, 3.63) is 122 Å². The van der Waals surface area contributed by atoms with Gasteiger partial charge in [0.2, 0.25) is 0 Å². The average Bonchev–Trinajstić information content (AvgIpc) is 0.935. The van der Waals surface area contributed by atoms with Gasteiger partial charge in [-0.1, -0.05) is 278 Å². The monoisotopic (exact) mass is 1440 g/mol. The van der Waals surface area contributed by atoms with Crippen molar-refractivity contribution < 1.29 is 80.2 Å². The van der Waals surface area contributed by atoms with Crippen LogP contribution in [0.1, 0.15) is 310 Å². The van der Waals surface area contributed by atoms with Crippen LogP contribution in [0.15, 0.2) is 122 Å². The minimum Gasteiger partial charge on any atom is -0.462 e. The molecule has 3 N–H and O–H groups in total. The molecule has 5 unspecified atom stereocenters. The highest BCUT2D eigenvalue weighted by atomic mass is 31.2. The summed E-state index contributed by atoms with van der Waals surface area (Å²) < 4.78 is 68.5. The number of phosphoric acid groups is 2. The van der Waals surface area contributed by atoms with Crippen molar-refractivity contribution in [2.75, 3.05) is 39.6 Å². The Kier molecular flexibility index (Phi) is 69.5. The third-order valence-electron chi connectivity index (χ3n) is 15.9. The molecule has 0 spiro atoms. The van der Waals surface area contributed by atoms with Crippen LogP contribution in [0.2, 0.25) is 0 Å². The summed E-state index contributed by atoms with van der Waals surface area (Å²) in [4.78, 5) is 72.9. The Morgan fingerprint density at radius 1 is 0.290 bits per heavy atom. The number of phosphoric ester groups is 2. The van der Waals surface area contributed by atoms with Crippen molar-refractivity contribution in [2.24, 2.45) is 0 Å². The van der Waals surface area contributed by atoms with Gasteiger partial charge >= 0.3 is 39.5 Å². The summed E-state index contributed by atoms with van der Waals surface area (Å²) in [6.45, 7) is 4.52. The Bertz CT molecular complexity index is 2370. The highest BCUT2D eigenvalue weighted by Gasteiger charge is 2.30. The molecule has 0 bridgehead atoms. The van der Waals surface area contributed by atoms with Crippen molar-refractivity contribution in [1.82, 2.24) is 0 Å². The predicted octanol–water partition coefficient (Wildman–Crippen LogP) is 22.3.